The largest absolute Gasteiger partial charge is 0.497 e. The van der Waals surface area contributed by atoms with Gasteiger partial charge in [-0.3, -0.25) is 0 Å². The van der Waals surface area contributed by atoms with Crippen molar-refractivity contribution in [3.63, 3.8) is 0 Å². The lowest BCUT2D eigenvalue weighted by Crippen LogP contribution is -2.34. The third kappa shape index (κ3) is 6.47. The van der Waals surface area contributed by atoms with E-state index in [2.05, 4.69) is 10.3 Å². The van der Waals surface area contributed by atoms with Crippen LogP contribution in [0.5, 0.6) is 5.75 Å². The predicted molar refractivity (Wildman–Crippen MR) is 129 cm³/mol. The first-order valence-electron chi connectivity index (χ1n) is 9.12. The molecule has 0 radical (unpaired) electrons. The molecule has 0 bridgehead atoms. The van der Waals surface area contributed by atoms with Crippen molar-refractivity contribution >= 4 is 35.6 Å². The average Bonchev–Trinajstić information content (AvgIpc) is 2.74. The summed E-state index contributed by atoms with van der Waals surface area (Å²) in [6, 6.07) is 26.8. The second-order valence-corrected chi connectivity index (χ2v) is 6.62. The summed E-state index contributed by atoms with van der Waals surface area (Å²) in [5, 5.41) is 14.5. The molecule has 3 rings (SSSR count). The van der Waals surface area contributed by atoms with Crippen LogP contribution in [0.25, 0.3) is 0 Å². The average molecular weight is 503 g/mol. The first-order chi connectivity index (χ1) is 13.6. The van der Waals surface area contributed by atoms with Gasteiger partial charge in [0.2, 0.25) is 0 Å². The van der Waals surface area contributed by atoms with Gasteiger partial charge >= 0.3 is 0 Å². The maximum absolute atomic E-state index is 11.4. The molecule has 5 nitrogen and oxygen atoms in total. The van der Waals surface area contributed by atoms with Gasteiger partial charge in [0, 0.05) is 18.2 Å². The number of benzene rings is 3. The molecule has 0 amide bonds. The fourth-order valence-electron chi connectivity index (χ4n) is 3.04. The second-order valence-electron chi connectivity index (χ2n) is 6.62. The molecule has 0 heterocycles. The number of rotatable bonds is 7. The van der Waals surface area contributed by atoms with Crippen molar-refractivity contribution in [2.24, 2.45) is 10.7 Å². The third-order valence-electron chi connectivity index (χ3n) is 4.50. The first-order valence-corrected chi connectivity index (χ1v) is 9.12. The van der Waals surface area contributed by atoms with Gasteiger partial charge < -0.3 is 20.9 Å². The van der Waals surface area contributed by atoms with Crippen molar-refractivity contribution in [1.82, 2.24) is 0 Å². The van der Waals surface area contributed by atoms with Gasteiger partial charge in [0.25, 0.3) is 0 Å². The van der Waals surface area contributed by atoms with Gasteiger partial charge in [-0.1, -0.05) is 66.7 Å². The molecule has 4 N–H and O–H groups in total. The smallest absolute Gasteiger partial charge is 0.193 e. The maximum Gasteiger partial charge on any atom is 0.193 e. The molecular weight excluding hydrogens is 477 g/mol. The Morgan fingerprint density at radius 2 is 1.66 bits per heavy atom. The van der Waals surface area contributed by atoms with Crippen molar-refractivity contribution in [1.29, 1.82) is 0 Å². The van der Waals surface area contributed by atoms with Crippen LogP contribution in [0, 0.1) is 0 Å². The molecular formula is C23H26IN3O2. The van der Waals surface area contributed by atoms with Crippen LogP contribution in [0.15, 0.2) is 89.9 Å². The molecule has 3 aromatic rings. The zero-order chi connectivity index (χ0) is 19.8. The normalized spacial score (nSPS) is 13.1. The Bertz CT molecular complexity index is 920. The van der Waals surface area contributed by atoms with E-state index in [4.69, 9.17) is 10.5 Å². The summed E-state index contributed by atoms with van der Waals surface area (Å²) in [6.07, 6.45) is 0.438. The lowest BCUT2D eigenvalue weighted by Gasteiger charge is -2.27. The van der Waals surface area contributed by atoms with E-state index in [0.717, 1.165) is 22.6 Å². The molecule has 1 atom stereocenters. The van der Waals surface area contributed by atoms with E-state index in [9.17, 15) is 5.11 Å². The number of halogens is 1. The Hall–Kier alpha value is -2.58. The lowest BCUT2D eigenvalue weighted by atomic mass is 9.87. The van der Waals surface area contributed by atoms with Gasteiger partial charge in [-0.15, -0.1) is 24.0 Å². The van der Waals surface area contributed by atoms with Gasteiger partial charge in [0.1, 0.15) is 11.4 Å². The quantitative estimate of drug-likeness (QED) is 0.257. The van der Waals surface area contributed by atoms with Gasteiger partial charge in [0.15, 0.2) is 5.96 Å². The molecule has 0 aliphatic rings. The Balaban J connectivity index is 0.00000300. The van der Waals surface area contributed by atoms with Crippen LogP contribution in [-0.2, 0) is 12.0 Å². The summed E-state index contributed by atoms with van der Waals surface area (Å²) in [5.74, 6) is 0.957. The van der Waals surface area contributed by atoms with Crippen LogP contribution in [0.2, 0.25) is 0 Å². The minimum Gasteiger partial charge on any atom is -0.497 e. The number of nitrogens with two attached hydrogens (primary N) is 1. The summed E-state index contributed by atoms with van der Waals surface area (Å²) in [5.41, 5.74) is 7.50. The summed E-state index contributed by atoms with van der Waals surface area (Å²) in [4.78, 5) is 4.41. The number of nitrogens with one attached hydrogen (secondary N) is 1. The van der Waals surface area contributed by atoms with Gasteiger partial charge in [-0.2, -0.15) is 0 Å². The molecule has 0 aliphatic carbocycles. The third-order valence-corrected chi connectivity index (χ3v) is 4.50. The highest BCUT2D eigenvalue weighted by Gasteiger charge is 2.29. The summed E-state index contributed by atoms with van der Waals surface area (Å²) in [6.45, 7) is 0.134. The Kier molecular flexibility index (Phi) is 8.48. The maximum atomic E-state index is 11.4. The van der Waals surface area contributed by atoms with E-state index < -0.39 is 5.60 Å². The number of hydrogen-bond acceptors (Lipinski definition) is 3. The van der Waals surface area contributed by atoms with Crippen molar-refractivity contribution in [3.05, 3.63) is 96.1 Å². The molecule has 0 fully saturated rings. The molecule has 3 aromatic carbocycles. The van der Waals surface area contributed by atoms with Crippen LogP contribution < -0.4 is 15.8 Å². The van der Waals surface area contributed by atoms with E-state index in [-0.39, 0.29) is 36.5 Å². The van der Waals surface area contributed by atoms with Crippen LogP contribution in [0.4, 0.5) is 5.69 Å². The molecule has 0 saturated carbocycles. The van der Waals surface area contributed by atoms with Crippen LogP contribution >= 0.6 is 24.0 Å². The van der Waals surface area contributed by atoms with Crippen molar-refractivity contribution in [2.75, 3.05) is 19.0 Å². The monoisotopic (exact) mass is 503 g/mol. The van der Waals surface area contributed by atoms with Crippen LogP contribution in [0.3, 0.4) is 0 Å². The molecule has 0 aliphatic heterocycles. The van der Waals surface area contributed by atoms with Gasteiger partial charge in [-0.05, 0) is 23.3 Å². The topological polar surface area (TPSA) is 79.9 Å². The first kappa shape index (κ1) is 22.7. The molecule has 0 saturated heterocycles. The molecule has 0 spiro atoms. The Morgan fingerprint density at radius 3 is 2.31 bits per heavy atom. The summed E-state index contributed by atoms with van der Waals surface area (Å²) in [7, 11) is 1.61. The van der Waals surface area contributed by atoms with E-state index >= 15 is 0 Å². The number of hydrogen-bond donors (Lipinski definition) is 3. The molecule has 1 unspecified atom stereocenters. The number of nitrogens with zero attached hydrogens (tertiary/aromatic N) is 1. The Morgan fingerprint density at radius 1 is 1.00 bits per heavy atom. The van der Waals surface area contributed by atoms with Crippen LogP contribution in [-0.4, -0.2) is 24.7 Å². The van der Waals surface area contributed by atoms with E-state index in [0.29, 0.717) is 6.42 Å². The summed E-state index contributed by atoms with van der Waals surface area (Å²) >= 11 is 0. The van der Waals surface area contributed by atoms with Crippen molar-refractivity contribution < 1.29 is 9.84 Å². The fraction of sp³-hybridized carbons (Fsp3) is 0.174. The van der Waals surface area contributed by atoms with Crippen LogP contribution in [0.1, 0.15) is 11.1 Å². The highest BCUT2D eigenvalue weighted by atomic mass is 127. The minimum absolute atomic E-state index is 0. The van der Waals surface area contributed by atoms with E-state index in [1.807, 2.05) is 84.9 Å². The standard InChI is InChI=1S/C23H25N3O2.HI/c1-28-21-14-8-13-20(15-21)26-22(24)25-17-23(27,19-11-6-3-7-12-19)16-18-9-4-2-5-10-18;/h2-15,27H,16-17H2,1H3,(H3,24,25,26);1H. The van der Waals surface area contributed by atoms with Gasteiger partial charge in [-0.25, -0.2) is 4.99 Å². The van der Waals surface area contributed by atoms with Crippen molar-refractivity contribution in [3.8, 4) is 5.75 Å². The highest BCUT2D eigenvalue weighted by molar-refractivity contribution is 14.0. The summed E-state index contributed by atoms with van der Waals surface area (Å²) < 4.78 is 5.21. The number of ether oxygens (including phenoxy) is 1. The highest BCUT2D eigenvalue weighted by Crippen LogP contribution is 2.26. The number of methoxy groups -OCH3 is 1. The predicted octanol–water partition coefficient (Wildman–Crippen LogP) is 4.17. The second kappa shape index (κ2) is 10.8. The number of anilines is 1. The minimum atomic E-state index is -1.16. The number of guanidine groups is 1. The zero-order valence-corrected chi connectivity index (χ0v) is 18.6. The lowest BCUT2D eigenvalue weighted by molar-refractivity contribution is 0.0468. The molecule has 6 heteroatoms. The SMILES string of the molecule is COc1cccc(NC(N)=NCC(O)(Cc2ccccc2)c2ccccc2)c1.I. The number of aliphatic imine (C=N–C) groups is 1. The molecule has 0 aromatic heterocycles. The van der Waals surface area contributed by atoms with Gasteiger partial charge in [0.05, 0.1) is 13.7 Å². The van der Waals surface area contributed by atoms with E-state index in [1.165, 1.54) is 0 Å². The van der Waals surface area contributed by atoms with Crippen molar-refractivity contribution in [2.45, 2.75) is 12.0 Å². The number of aliphatic hydroxyl groups is 1. The molecule has 152 valence electrons. The fourth-order valence-corrected chi connectivity index (χ4v) is 3.04. The van der Waals surface area contributed by atoms with E-state index in [1.54, 1.807) is 7.11 Å². The Labute approximate surface area is 188 Å². The molecule has 29 heavy (non-hydrogen) atoms. The zero-order valence-electron chi connectivity index (χ0n) is 16.3.